The summed E-state index contributed by atoms with van der Waals surface area (Å²) in [6.07, 6.45) is 0. The monoisotopic (exact) mass is 460 g/mol. The van der Waals surface area contributed by atoms with Crippen LogP contribution in [0.15, 0.2) is 60.7 Å². The van der Waals surface area contributed by atoms with Gasteiger partial charge in [0, 0.05) is 32.4 Å². The van der Waals surface area contributed by atoms with E-state index in [9.17, 15) is 15.0 Å². The lowest BCUT2D eigenvalue weighted by Gasteiger charge is -2.38. The molecule has 1 heterocycles. The molecule has 0 fully saturated rings. The molecule has 6 heteroatoms. The second-order valence-electron chi connectivity index (χ2n) is 5.87. The molecule has 0 saturated carbocycles. The molecule has 0 radical (unpaired) electrons. The first-order valence-corrected chi connectivity index (χ1v) is 8.85. The van der Waals surface area contributed by atoms with Gasteiger partial charge in [-0.1, -0.05) is 12.1 Å². The first kappa shape index (κ1) is 16.7. The van der Waals surface area contributed by atoms with Crippen LogP contribution in [0, 0.1) is 3.57 Å². The van der Waals surface area contributed by atoms with Gasteiger partial charge in [0.2, 0.25) is 0 Å². The van der Waals surface area contributed by atoms with Gasteiger partial charge in [0.25, 0.3) is 6.47 Å². The molecule has 0 aromatic heterocycles. The summed E-state index contributed by atoms with van der Waals surface area (Å²) >= 11 is 2.20. The number of hydrogen-bond donors (Lipinski definition) is 2. The summed E-state index contributed by atoms with van der Waals surface area (Å²) in [6, 6.07) is 16.9. The van der Waals surface area contributed by atoms with Crippen LogP contribution in [-0.2, 0) is 15.1 Å². The minimum Gasteiger partial charge on any atom is -0.508 e. The van der Waals surface area contributed by atoms with Crippen molar-refractivity contribution in [3.05, 3.63) is 80.9 Å². The fourth-order valence-electron chi connectivity index (χ4n) is 3.30. The van der Waals surface area contributed by atoms with Crippen molar-refractivity contribution in [2.75, 3.05) is 0 Å². The van der Waals surface area contributed by atoms with Gasteiger partial charge >= 0.3 is 0 Å². The van der Waals surface area contributed by atoms with Crippen molar-refractivity contribution in [1.82, 2.24) is 0 Å². The molecule has 130 valence electrons. The number of fused-ring (bicyclic) bond motifs is 2. The van der Waals surface area contributed by atoms with E-state index in [1.165, 1.54) is 24.3 Å². The van der Waals surface area contributed by atoms with Crippen molar-refractivity contribution in [2.24, 2.45) is 0 Å². The van der Waals surface area contributed by atoms with Gasteiger partial charge in [0.1, 0.15) is 23.0 Å². The highest BCUT2D eigenvalue weighted by atomic mass is 127. The van der Waals surface area contributed by atoms with Crippen LogP contribution in [0.5, 0.6) is 23.0 Å². The quantitative estimate of drug-likeness (QED) is 0.451. The van der Waals surface area contributed by atoms with Crippen LogP contribution in [0.25, 0.3) is 0 Å². The van der Waals surface area contributed by atoms with Crippen molar-refractivity contribution < 1.29 is 24.5 Å². The average molecular weight is 460 g/mol. The van der Waals surface area contributed by atoms with E-state index in [4.69, 9.17) is 9.47 Å². The third-order valence-corrected chi connectivity index (χ3v) is 5.10. The Hall–Kier alpha value is -2.74. The van der Waals surface area contributed by atoms with Crippen LogP contribution in [0.4, 0.5) is 0 Å². The van der Waals surface area contributed by atoms with Crippen molar-refractivity contribution in [3.63, 3.8) is 0 Å². The molecule has 0 aliphatic carbocycles. The number of benzene rings is 3. The van der Waals surface area contributed by atoms with Gasteiger partial charge in [-0.25, -0.2) is 0 Å². The molecule has 0 saturated heterocycles. The molecular weight excluding hydrogens is 447 g/mol. The summed E-state index contributed by atoms with van der Waals surface area (Å²) in [5.41, 5.74) is 0.645. The van der Waals surface area contributed by atoms with E-state index in [1.807, 2.05) is 24.3 Å². The van der Waals surface area contributed by atoms with Crippen molar-refractivity contribution in [1.29, 1.82) is 0 Å². The fourth-order valence-corrected chi connectivity index (χ4v) is 3.66. The Balaban J connectivity index is 2.09. The molecule has 1 aliphatic heterocycles. The van der Waals surface area contributed by atoms with Crippen LogP contribution >= 0.6 is 22.6 Å². The molecule has 0 amide bonds. The topological polar surface area (TPSA) is 76.0 Å². The van der Waals surface area contributed by atoms with Gasteiger partial charge < -0.3 is 19.7 Å². The molecule has 0 unspecified atom stereocenters. The summed E-state index contributed by atoms with van der Waals surface area (Å²) in [5.74, 6) is 0.747. The Kier molecular flexibility index (Phi) is 3.99. The summed E-state index contributed by atoms with van der Waals surface area (Å²) in [5, 5.41) is 19.7. The molecular formula is C20H13IO5. The highest BCUT2D eigenvalue weighted by molar-refractivity contribution is 14.1. The van der Waals surface area contributed by atoms with E-state index < -0.39 is 5.60 Å². The predicted octanol–water partition coefficient (Wildman–Crippen LogP) is 4.27. The number of carbonyl (C=O) groups is 1. The number of carbonyl (C=O) groups excluding carboxylic acids is 1. The molecule has 5 nitrogen and oxygen atoms in total. The molecule has 4 rings (SSSR count). The minimum atomic E-state index is -1.25. The van der Waals surface area contributed by atoms with E-state index in [2.05, 4.69) is 22.6 Å². The molecule has 26 heavy (non-hydrogen) atoms. The first-order chi connectivity index (χ1) is 12.5. The van der Waals surface area contributed by atoms with Crippen molar-refractivity contribution in [3.8, 4) is 23.0 Å². The number of phenolic OH excluding ortho intramolecular Hbond substituents is 2. The summed E-state index contributed by atoms with van der Waals surface area (Å²) < 4.78 is 12.6. The largest absolute Gasteiger partial charge is 0.508 e. The number of ether oxygens (including phenoxy) is 2. The number of hydrogen-bond acceptors (Lipinski definition) is 5. The van der Waals surface area contributed by atoms with Gasteiger partial charge in [0.05, 0.1) is 0 Å². The van der Waals surface area contributed by atoms with Crippen LogP contribution in [0.3, 0.4) is 0 Å². The SMILES string of the molecule is O=COC1(c2ccc(I)cc2)c2ccc(O)cc2Oc2cc(O)ccc21. The first-order valence-electron chi connectivity index (χ1n) is 7.77. The average Bonchev–Trinajstić information content (AvgIpc) is 2.61. The molecule has 3 aromatic rings. The third-order valence-electron chi connectivity index (χ3n) is 4.38. The Bertz CT molecular complexity index is 946. The van der Waals surface area contributed by atoms with E-state index in [0.29, 0.717) is 29.1 Å². The number of rotatable bonds is 3. The molecule has 1 aliphatic rings. The summed E-state index contributed by atoms with van der Waals surface area (Å²) in [7, 11) is 0. The minimum absolute atomic E-state index is 0.0231. The summed E-state index contributed by atoms with van der Waals surface area (Å²) in [6.45, 7) is 0.399. The second kappa shape index (κ2) is 6.21. The standard InChI is InChI=1S/C20H13IO5/c21-13-3-1-12(2-4-13)20(25-11-22)16-7-5-14(23)9-18(16)26-19-10-15(24)6-8-17(19)20/h1-11,23-24H. The second-order valence-corrected chi connectivity index (χ2v) is 7.11. The zero-order valence-electron chi connectivity index (χ0n) is 13.3. The van der Waals surface area contributed by atoms with Crippen LogP contribution in [0.1, 0.15) is 16.7 Å². The maximum absolute atomic E-state index is 11.5. The maximum atomic E-state index is 11.5. The Morgan fingerprint density at radius 2 is 1.42 bits per heavy atom. The smallest absolute Gasteiger partial charge is 0.294 e. The van der Waals surface area contributed by atoms with Gasteiger partial charge in [-0.2, -0.15) is 0 Å². The van der Waals surface area contributed by atoms with Crippen LogP contribution in [-0.4, -0.2) is 16.7 Å². The molecule has 0 bridgehead atoms. The van der Waals surface area contributed by atoms with Gasteiger partial charge in [-0.3, -0.25) is 4.79 Å². The summed E-state index contributed by atoms with van der Waals surface area (Å²) in [4.78, 5) is 11.5. The lowest BCUT2D eigenvalue weighted by Crippen LogP contribution is -2.35. The van der Waals surface area contributed by atoms with Crippen molar-refractivity contribution in [2.45, 2.75) is 5.60 Å². The molecule has 0 atom stereocenters. The van der Waals surface area contributed by atoms with E-state index in [1.54, 1.807) is 12.1 Å². The van der Waals surface area contributed by atoms with E-state index in [-0.39, 0.29) is 11.5 Å². The fraction of sp³-hybridized carbons (Fsp3) is 0.0500. The lowest BCUT2D eigenvalue weighted by molar-refractivity contribution is -0.137. The van der Waals surface area contributed by atoms with Crippen LogP contribution < -0.4 is 4.74 Å². The van der Waals surface area contributed by atoms with Gasteiger partial charge in [-0.15, -0.1) is 0 Å². The number of aromatic hydroxyl groups is 2. The molecule has 0 spiro atoms. The normalized spacial score (nSPS) is 13.9. The number of halogens is 1. The van der Waals surface area contributed by atoms with E-state index in [0.717, 1.165) is 9.13 Å². The highest BCUT2D eigenvalue weighted by Gasteiger charge is 2.46. The van der Waals surface area contributed by atoms with Crippen molar-refractivity contribution >= 4 is 29.1 Å². The maximum Gasteiger partial charge on any atom is 0.294 e. The Morgan fingerprint density at radius 1 is 0.885 bits per heavy atom. The highest BCUT2D eigenvalue weighted by Crippen LogP contribution is 2.53. The van der Waals surface area contributed by atoms with E-state index >= 15 is 0 Å². The number of phenols is 2. The lowest BCUT2D eigenvalue weighted by atomic mass is 9.77. The Morgan fingerprint density at radius 3 is 1.92 bits per heavy atom. The van der Waals surface area contributed by atoms with Crippen LogP contribution in [0.2, 0.25) is 0 Å². The zero-order valence-corrected chi connectivity index (χ0v) is 15.5. The predicted molar refractivity (Wildman–Crippen MR) is 102 cm³/mol. The Labute approximate surface area is 163 Å². The molecule has 2 N–H and O–H groups in total. The third kappa shape index (κ3) is 2.48. The van der Waals surface area contributed by atoms with Gasteiger partial charge in [-0.05, 0) is 59.0 Å². The molecule has 3 aromatic carbocycles. The van der Waals surface area contributed by atoms with Gasteiger partial charge in [0.15, 0.2) is 5.60 Å². The zero-order chi connectivity index (χ0) is 18.3.